The van der Waals surface area contributed by atoms with Crippen LogP contribution in [-0.4, -0.2) is 37.9 Å². The lowest BCUT2D eigenvalue weighted by molar-refractivity contribution is -0.113. The summed E-state index contributed by atoms with van der Waals surface area (Å²) in [7, 11) is 0. The molecule has 0 fully saturated rings. The first-order chi connectivity index (χ1) is 9.95. The fourth-order valence-corrected chi connectivity index (χ4v) is 2.27. The molecule has 0 saturated heterocycles. The molecule has 0 aliphatic carbocycles. The lowest BCUT2D eigenvalue weighted by Gasteiger charge is -2.07. The molecule has 21 heavy (non-hydrogen) atoms. The Morgan fingerprint density at radius 1 is 1.48 bits per heavy atom. The summed E-state index contributed by atoms with van der Waals surface area (Å²) in [6.45, 7) is 1.76. The van der Waals surface area contributed by atoms with Crippen molar-refractivity contribution in [2.45, 2.75) is 12.1 Å². The fraction of sp³-hybridized carbons (Fsp3) is 0.167. The van der Waals surface area contributed by atoms with E-state index in [4.69, 9.17) is 16.7 Å². The molecule has 2 aromatic rings. The highest BCUT2D eigenvalue weighted by atomic mass is 35.5. The number of H-pyrrole nitrogens is 1. The number of rotatable bonds is 5. The van der Waals surface area contributed by atoms with Gasteiger partial charge < -0.3 is 10.4 Å². The van der Waals surface area contributed by atoms with Crippen molar-refractivity contribution >= 4 is 40.9 Å². The maximum atomic E-state index is 11.8. The van der Waals surface area contributed by atoms with E-state index in [1.165, 1.54) is 18.2 Å². The summed E-state index contributed by atoms with van der Waals surface area (Å²) < 4.78 is 0. The minimum atomic E-state index is -1.09. The second-order valence-electron chi connectivity index (χ2n) is 4.04. The van der Waals surface area contributed by atoms with Crippen LogP contribution in [0.4, 0.5) is 5.69 Å². The van der Waals surface area contributed by atoms with Crippen LogP contribution >= 0.6 is 23.4 Å². The Bertz CT molecular complexity index is 689. The molecule has 7 nitrogen and oxygen atoms in total. The van der Waals surface area contributed by atoms with Crippen molar-refractivity contribution in [3.8, 4) is 0 Å². The fourth-order valence-electron chi connectivity index (χ4n) is 1.46. The molecule has 2 rings (SSSR count). The third kappa shape index (κ3) is 4.20. The standard InChI is InChI=1S/C12H11ClN4O3S/c1-6-14-12(17-16-6)21-5-10(18)15-9-4-7(11(19)20)2-3-8(9)13/h2-4H,5H2,1H3,(H,15,18)(H,19,20)(H,14,16,17). The Morgan fingerprint density at radius 2 is 2.24 bits per heavy atom. The number of nitrogens with one attached hydrogen (secondary N) is 2. The van der Waals surface area contributed by atoms with E-state index in [9.17, 15) is 9.59 Å². The summed E-state index contributed by atoms with van der Waals surface area (Å²) >= 11 is 7.08. The summed E-state index contributed by atoms with van der Waals surface area (Å²) in [5.41, 5.74) is 0.306. The third-order valence-electron chi connectivity index (χ3n) is 2.40. The molecule has 0 radical (unpaired) electrons. The second-order valence-corrected chi connectivity index (χ2v) is 5.39. The molecule has 9 heteroatoms. The van der Waals surface area contributed by atoms with E-state index in [1.54, 1.807) is 6.92 Å². The molecular weight excluding hydrogens is 316 g/mol. The summed E-state index contributed by atoms with van der Waals surface area (Å²) in [5.74, 6) is -0.667. The summed E-state index contributed by atoms with van der Waals surface area (Å²) in [5, 5.41) is 18.8. The number of thioether (sulfide) groups is 1. The number of anilines is 1. The van der Waals surface area contributed by atoms with Gasteiger partial charge in [-0.1, -0.05) is 23.4 Å². The molecule has 0 bridgehead atoms. The Morgan fingerprint density at radius 3 is 2.86 bits per heavy atom. The van der Waals surface area contributed by atoms with E-state index in [1.807, 2.05) is 0 Å². The molecule has 0 unspecified atom stereocenters. The van der Waals surface area contributed by atoms with Gasteiger partial charge in [-0.15, -0.1) is 5.10 Å². The highest BCUT2D eigenvalue weighted by molar-refractivity contribution is 7.99. The summed E-state index contributed by atoms with van der Waals surface area (Å²) in [6.07, 6.45) is 0. The van der Waals surface area contributed by atoms with E-state index in [-0.39, 0.29) is 27.9 Å². The number of hydrogen-bond donors (Lipinski definition) is 3. The average molecular weight is 327 g/mol. The van der Waals surface area contributed by atoms with Crippen LogP contribution in [0.2, 0.25) is 5.02 Å². The zero-order valence-corrected chi connectivity index (χ0v) is 12.5. The molecule has 0 atom stereocenters. The monoisotopic (exact) mass is 326 g/mol. The highest BCUT2D eigenvalue weighted by Crippen LogP contribution is 2.23. The first-order valence-electron chi connectivity index (χ1n) is 5.80. The minimum absolute atomic E-state index is 0.0481. The van der Waals surface area contributed by atoms with E-state index < -0.39 is 5.97 Å². The van der Waals surface area contributed by atoms with Gasteiger partial charge in [0.25, 0.3) is 0 Å². The maximum Gasteiger partial charge on any atom is 0.335 e. The number of amides is 1. The molecule has 1 aromatic carbocycles. The normalized spacial score (nSPS) is 10.4. The first-order valence-corrected chi connectivity index (χ1v) is 7.16. The van der Waals surface area contributed by atoms with E-state index in [0.717, 1.165) is 11.8 Å². The molecule has 1 aromatic heterocycles. The molecule has 110 valence electrons. The lowest BCUT2D eigenvalue weighted by atomic mass is 10.2. The van der Waals surface area contributed by atoms with Crippen LogP contribution in [0.3, 0.4) is 0 Å². The molecule has 3 N–H and O–H groups in total. The lowest BCUT2D eigenvalue weighted by Crippen LogP contribution is -2.15. The topological polar surface area (TPSA) is 108 Å². The number of aromatic carboxylic acids is 1. The highest BCUT2D eigenvalue weighted by Gasteiger charge is 2.11. The zero-order valence-electron chi connectivity index (χ0n) is 10.9. The Balaban J connectivity index is 1.99. The largest absolute Gasteiger partial charge is 0.478 e. The van der Waals surface area contributed by atoms with Gasteiger partial charge in [0.1, 0.15) is 5.82 Å². The zero-order chi connectivity index (χ0) is 15.4. The number of aryl methyl sites for hydroxylation is 1. The van der Waals surface area contributed by atoms with Gasteiger partial charge in [0, 0.05) is 0 Å². The molecular formula is C12H11ClN4O3S. The number of hydrogen-bond acceptors (Lipinski definition) is 5. The van der Waals surface area contributed by atoms with Crippen molar-refractivity contribution in [2.75, 3.05) is 11.1 Å². The first kappa shape index (κ1) is 15.3. The average Bonchev–Trinajstić information content (AvgIpc) is 2.84. The Hall–Kier alpha value is -2.06. The summed E-state index contributed by atoms with van der Waals surface area (Å²) in [6, 6.07) is 4.10. The van der Waals surface area contributed by atoms with Crippen LogP contribution in [0.15, 0.2) is 23.4 Å². The quantitative estimate of drug-likeness (QED) is 0.727. The van der Waals surface area contributed by atoms with E-state index in [2.05, 4.69) is 20.5 Å². The molecule has 1 heterocycles. The van der Waals surface area contributed by atoms with Gasteiger partial charge in [0.2, 0.25) is 11.1 Å². The van der Waals surface area contributed by atoms with Gasteiger partial charge in [-0.3, -0.25) is 9.89 Å². The number of aromatic amines is 1. The van der Waals surface area contributed by atoms with Gasteiger partial charge in [-0.2, -0.15) is 0 Å². The smallest absolute Gasteiger partial charge is 0.335 e. The van der Waals surface area contributed by atoms with Crippen LogP contribution in [0.1, 0.15) is 16.2 Å². The minimum Gasteiger partial charge on any atom is -0.478 e. The van der Waals surface area contributed by atoms with Gasteiger partial charge >= 0.3 is 5.97 Å². The Kier molecular flexibility index (Phi) is 4.81. The number of carbonyl (C=O) groups is 2. The Labute approximate surface area is 129 Å². The van der Waals surface area contributed by atoms with Crippen LogP contribution in [0.25, 0.3) is 0 Å². The van der Waals surface area contributed by atoms with E-state index >= 15 is 0 Å². The van der Waals surface area contributed by atoms with Crippen molar-refractivity contribution in [2.24, 2.45) is 0 Å². The molecule has 0 saturated carbocycles. The number of benzene rings is 1. The van der Waals surface area contributed by atoms with E-state index in [0.29, 0.717) is 11.0 Å². The number of carboxylic acid groups (broad SMARTS) is 1. The van der Waals surface area contributed by atoms with Crippen molar-refractivity contribution < 1.29 is 14.7 Å². The van der Waals surface area contributed by atoms with Gasteiger partial charge in [0.05, 0.1) is 22.0 Å². The molecule has 1 amide bonds. The van der Waals surface area contributed by atoms with Crippen molar-refractivity contribution in [1.82, 2.24) is 15.2 Å². The third-order valence-corrected chi connectivity index (χ3v) is 3.57. The predicted molar refractivity (Wildman–Crippen MR) is 78.9 cm³/mol. The molecule has 0 aliphatic rings. The van der Waals surface area contributed by atoms with Gasteiger partial charge in [0.15, 0.2) is 0 Å². The molecule has 0 aliphatic heterocycles. The second kappa shape index (κ2) is 6.59. The van der Waals surface area contributed by atoms with Crippen molar-refractivity contribution in [1.29, 1.82) is 0 Å². The van der Waals surface area contributed by atoms with Gasteiger partial charge in [-0.25, -0.2) is 9.78 Å². The maximum absolute atomic E-state index is 11.8. The van der Waals surface area contributed by atoms with Crippen molar-refractivity contribution in [3.05, 3.63) is 34.6 Å². The number of aromatic nitrogens is 3. The predicted octanol–water partition coefficient (Wildman–Crippen LogP) is 2.20. The van der Waals surface area contributed by atoms with Crippen molar-refractivity contribution in [3.63, 3.8) is 0 Å². The van der Waals surface area contributed by atoms with Gasteiger partial charge in [-0.05, 0) is 25.1 Å². The molecule has 0 spiro atoms. The van der Waals surface area contributed by atoms with Crippen LogP contribution in [0.5, 0.6) is 0 Å². The SMILES string of the molecule is Cc1nc(SCC(=O)Nc2cc(C(=O)O)ccc2Cl)n[nH]1. The van der Waals surface area contributed by atoms with Crippen LogP contribution in [0, 0.1) is 6.92 Å². The number of nitrogens with zero attached hydrogens (tertiary/aromatic N) is 2. The van der Waals surface area contributed by atoms with Crippen LogP contribution < -0.4 is 5.32 Å². The van der Waals surface area contributed by atoms with Crippen LogP contribution in [-0.2, 0) is 4.79 Å². The number of carboxylic acids is 1. The number of carbonyl (C=O) groups excluding carboxylic acids is 1. The number of halogens is 1. The summed E-state index contributed by atoms with van der Waals surface area (Å²) in [4.78, 5) is 26.8.